The molecule has 1 aliphatic carbocycles. The van der Waals surface area contributed by atoms with Gasteiger partial charge < -0.3 is 20.1 Å². The van der Waals surface area contributed by atoms with Crippen molar-refractivity contribution >= 4 is 36.9 Å². The number of nitrogens with one attached hydrogen (secondary N) is 3. The smallest absolute Gasteiger partial charge is 0.165 e. The van der Waals surface area contributed by atoms with Crippen LogP contribution in [0.25, 0.3) is 6.08 Å². The molecule has 1 saturated carbocycles. The van der Waals surface area contributed by atoms with Crippen LogP contribution in [0.1, 0.15) is 53.7 Å². The van der Waals surface area contributed by atoms with Crippen molar-refractivity contribution in [2.45, 2.75) is 75.4 Å². The molecule has 3 aliphatic rings. The highest BCUT2D eigenvalue weighted by atomic mass is 32.1. The van der Waals surface area contributed by atoms with Crippen LogP contribution < -0.4 is 16.0 Å². The van der Waals surface area contributed by atoms with Crippen LogP contribution in [-0.4, -0.2) is 55.8 Å². The fraction of sp³-hybridized carbons (Fsp3) is 0.640. The molecule has 0 aromatic carbocycles. The van der Waals surface area contributed by atoms with Gasteiger partial charge in [-0.1, -0.05) is 43.8 Å². The van der Waals surface area contributed by atoms with Gasteiger partial charge in [-0.2, -0.15) is 0 Å². The summed E-state index contributed by atoms with van der Waals surface area (Å²) >= 11 is 1.71. The first-order chi connectivity index (χ1) is 16.9. The fourth-order valence-electron chi connectivity index (χ4n) is 4.78. The van der Waals surface area contributed by atoms with Gasteiger partial charge in [-0.05, 0) is 43.5 Å². The molecule has 8 nitrogen and oxygen atoms in total. The number of nitrogens with zero attached hydrogens (tertiary/aromatic N) is 3. The van der Waals surface area contributed by atoms with Gasteiger partial charge >= 0.3 is 0 Å². The predicted octanol–water partition coefficient (Wildman–Crippen LogP) is 4.99. The summed E-state index contributed by atoms with van der Waals surface area (Å²) in [5.74, 6) is 0.539. The molecular weight excluding hydrogens is 476 g/mol. The average molecular weight is 515 g/mol. The maximum atomic E-state index is 6.03. The molecule has 2 atom stereocenters. The van der Waals surface area contributed by atoms with Crippen LogP contribution >= 0.6 is 11.3 Å². The Kier molecular flexibility index (Phi) is 7.54. The van der Waals surface area contributed by atoms with Crippen LogP contribution in [0.15, 0.2) is 18.3 Å². The summed E-state index contributed by atoms with van der Waals surface area (Å²) in [6.45, 7) is 9.85. The summed E-state index contributed by atoms with van der Waals surface area (Å²) in [6.07, 6.45) is 12.1. The number of ether oxygens (including phenoxy) is 2. The van der Waals surface area contributed by atoms with Gasteiger partial charge in [0.2, 0.25) is 0 Å². The molecule has 2 aliphatic heterocycles. The van der Waals surface area contributed by atoms with Gasteiger partial charge in [-0.3, -0.25) is 10.3 Å². The fourth-order valence-corrected chi connectivity index (χ4v) is 6.65. The van der Waals surface area contributed by atoms with Crippen molar-refractivity contribution in [3.8, 4) is 0 Å². The minimum absolute atomic E-state index is 0.328. The lowest BCUT2D eigenvalue weighted by Crippen LogP contribution is -2.49. The summed E-state index contributed by atoms with van der Waals surface area (Å²) in [5, 5.41) is 22.2. The third-order valence-corrected chi connectivity index (χ3v) is 9.90. The van der Waals surface area contributed by atoms with E-state index in [1.807, 2.05) is 6.20 Å². The van der Waals surface area contributed by atoms with Crippen molar-refractivity contribution in [2.75, 3.05) is 37.2 Å². The average Bonchev–Trinajstić information content (AvgIpc) is 3.60. The second-order valence-corrected chi connectivity index (χ2v) is 17.7. The lowest BCUT2D eigenvalue weighted by atomic mass is 10.0. The quantitative estimate of drug-likeness (QED) is 0.232. The van der Waals surface area contributed by atoms with E-state index in [4.69, 9.17) is 9.47 Å². The second-order valence-electron chi connectivity index (χ2n) is 11.1. The molecule has 0 amide bonds. The van der Waals surface area contributed by atoms with Gasteiger partial charge in [0.25, 0.3) is 0 Å². The van der Waals surface area contributed by atoms with Crippen LogP contribution in [0.5, 0.6) is 0 Å². The molecular formula is C25H38N6O2SSi. The molecule has 4 heterocycles. The van der Waals surface area contributed by atoms with Crippen molar-refractivity contribution in [3.63, 3.8) is 0 Å². The lowest BCUT2D eigenvalue weighted by Gasteiger charge is -2.35. The highest BCUT2D eigenvalue weighted by Gasteiger charge is 2.37. The molecule has 2 fully saturated rings. The van der Waals surface area contributed by atoms with E-state index in [2.05, 4.69) is 69.0 Å². The lowest BCUT2D eigenvalue weighted by molar-refractivity contribution is 0.111. The molecule has 2 unspecified atom stereocenters. The standard InChI is InChI=1S/C25H38N6O2SSi/c1-35(2,3)13-12-33-17-27-25(24-31-30-23(34-24)18-6-4-5-7-18)10-8-21-22(29-25)14-20(15-26-21)28-19-9-11-32-16-19/h8,10,14-15,18-19,27-29H,4-7,9,11-13,16-17H2,1-3H3. The number of aromatic nitrogens is 3. The first-order valence-electron chi connectivity index (χ1n) is 12.9. The Labute approximate surface area is 213 Å². The number of fused-ring (bicyclic) bond motifs is 1. The summed E-state index contributed by atoms with van der Waals surface area (Å²) in [4.78, 5) is 4.69. The monoisotopic (exact) mass is 514 g/mol. The summed E-state index contributed by atoms with van der Waals surface area (Å²) < 4.78 is 11.5. The van der Waals surface area contributed by atoms with E-state index in [9.17, 15) is 0 Å². The molecule has 0 radical (unpaired) electrons. The van der Waals surface area contributed by atoms with Gasteiger partial charge in [0, 0.05) is 27.2 Å². The first-order valence-corrected chi connectivity index (χ1v) is 17.4. The van der Waals surface area contributed by atoms with E-state index in [1.165, 1.54) is 25.7 Å². The zero-order chi connectivity index (χ0) is 24.3. The van der Waals surface area contributed by atoms with Crippen molar-refractivity contribution in [1.82, 2.24) is 20.5 Å². The maximum Gasteiger partial charge on any atom is 0.165 e. The molecule has 0 bridgehead atoms. The topological polar surface area (TPSA) is 93.2 Å². The molecule has 2 aromatic rings. The second kappa shape index (κ2) is 10.6. The van der Waals surface area contributed by atoms with Crippen LogP contribution in [0.2, 0.25) is 25.7 Å². The Morgan fingerprint density at radius 2 is 2.09 bits per heavy atom. The third kappa shape index (κ3) is 6.11. The van der Waals surface area contributed by atoms with E-state index in [1.54, 1.807) is 11.3 Å². The summed E-state index contributed by atoms with van der Waals surface area (Å²) in [7, 11) is -1.14. The van der Waals surface area contributed by atoms with Crippen LogP contribution in [0, 0.1) is 0 Å². The third-order valence-electron chi connectivity index (χ3n) is 6.97. The van der Waals surface area contributed by atoms with Gasteiger partial charge in [-0.25, -0.2) is 0 Å². The predicted molar refractivity (Wildman–Crippen MR) is 145 cm³/mol. The molecule has 3 N–H and O–H groups in total. The largest absolute Gasteiger partial charge is 0.379 e. The molecule has 0 spiro atoms. The SMILES string of the molecule is C[Si](C)(C)CCOCNC1(c2nnc(C3CCCC3)s2)C=Cc2ncc(NC3CCOC3)cc2N1. The van der Waals surface area contributed by atoms with Crippen molar-refractivity contribution in [1.29, 1.82) is 0 Å². The van der Waals surface area contributed by atoms with E-state index in [0.29, 0.717) is 18.7 Å². The molecule has 5 rings (SSSR count). The Morgan fingerprint density at radius 3 is 2.86 bits per heavy atom. The van der Waals surface area contributed by atoms with Crippen LogP contribution in [-0.2, 0) is 15.1 Å². The Hall–Kier alpha value is -1.85. The minimum Gasteiger partial charge on any atom is -0.379 e. The zero-order valence-corrected chi connectivity index (χ0v) is 22.9. The molecule has 10 heteroatoms. The number of hydrogen-bond acceptors (Lipinski definition) is 9. The number of rotatable bonds is 10. The Bertz CT molecular complexity index is 1030. The summed E-state index contributed by atoms with van der Waals surface area (Å²) in [5.41, 5.74) is 2.18. The number of hydrogen-bond donors (Lipinski definition) is 3. The number of pyridine rings is 1. The Balaban J connectivity index is 1.35. The van der Waals surface area contributed by atoms with Crippen molar-refractivity contribution in [2.24, 2.45) is 0 Å². The molecule has 2 aromatic heterocycles. The van der Waals surface area contributed by atoms with Gasteiger partial charge in [0.05, 0.1) is 42.6 Å². The van der Waals surface area contributed by atoms with E-state index >= 15 is 0 Å². The zero-order valence-electron chi connectivity index (χ0n) is 21.1. The maximum absolute atomic E-state index is 6.03. The first kappa shape index (κ1) is 24.8. The molecule has 190 valence electrons. The van der Waals surface area contributed by atoms with E-state index in [0.717, 1.165) is 59.4 Å². The normalized spacial score (nSPS) is 24.5. The van der Waals surface area contributed by atoms with E-state index in [-0.39, 0.29) is 0 Å². The molecule has 1 saturated heterocycles. The van der Waals surface area contributed by atoms with E-state index < -0.39 is 13.7 Å². The van der Waals surface area contributed by atoms with Crippen molar-refractivity contribution in [3.05, 3.63) is 34.0 Å². The van der Waals surface area contributed by atoms with Crippen molar-refractivity contribution < 1.29 is 9.47 Å². The molecule has 35 heavy (non-hydrogen) atoms. The van der Waals surface area contributed by atoms with Gasteiger partial charge in [0.15, 0.2) is 10.7 Å². The number of anilines is 2. The Morgan fingerprint density at radius 1 is 1.23 bits per heavy atom. The van der Waals surface area contributed by atoms with Crippen LogP contribution in [0.4, 0.5) is 11.4 Å². The highest BCUT2D eigenvalue weighted by molar-refractivity contribution is 7.11. The van der Waals surface area contributed by atoms with Gasteiger partial charge in [0.1, 0.15) is 5.01 Å². The van der Waals surface area contributed by atoms with Crippen LogP contribution in [0.3, 0.4) is 0 Å². The highest BCUT2D eigenvalue weighted by Crippen LogP contribution is 2.40. The summed E-state index contributed by atoms with van der Waals surface area (Å²) in [6, 6.07) is 3.60. The van der Waals surface area contributed by atoms with Gasteiger partial charge in [-0.15, -0.1) is 10.2 Å². The minimum atomic E-state index is -1.14.